The Morgan fingerprint density at radius 3 is 2.61 bits per heavy atom. The minimum Gasteiger partial charge on any atom is -0.507 e. The van der Waals surface area contributed by atoms with E-state index < -0.39 is 23.4 Å². The summed E-state index contributed by atoms with van der Waals surface area (Å²) in [5.41, 5.74) is 8.59. The zero-order valence-electron chi connectivity index (χ0n) is 38.8. The molecule has 0 fully saturated rings. The van der Waals surface area contributed by atoms with E-state index in [2.05, 4.69) is 71.2 Å². The van der Waals surface area contributed by atoms with Gasteiger partial charge in [-0.15, -0.1) is 0 Å². The lowest BCUT2D eigenvalue weighted by Crippen LogP contribution is -2.56. The number of aromatic hydroxyl groups is 2. The zero-order valence-corrected chi connectivity index (χ0v) is 38.8. The van der Waals surface area contributed by atoms with E-state index in [-0.39, 0.29) is 43.3 Å². The summed E-state index contributed by atoms with van der Waals surface area (Å²) in [5, 5.41) is 65.8. The summed E-state index contributed by atoms with van der Waals surface area (Å²) in [6.45, 7) is 7.22. The third-order valence-electron chi connectivity index (χ3n) is 14.1. The monoisotopic (exact) mass is 902 g/mol. The molecule has 0 saturated carbocycles. The molecule has 13 heteroatoms. The van der Waals surface area contributed by atoms with Crippen LogP contribution >= 0.6 is 0 Å². The van der Waals surface area contributed by atoms with Crippen LogP contribution in [0, 0.1) is 5.92 Å². The van der Waals surface area contributed by atoms with E-state index in [1.165, 1.54) is 12.7 Å². The molecular weight excluding hydrogens is 837 g/mol. The maximum Gasteiger partial charge on any atom is 0.161 e. The third kappa shape index (κ3) is 8.55. The van der Waals surface area contributed by atoms with Crippen molar-refractivity contribution in [3.05, 3.63) is 105 Å². The van der Waals surface area contributed by atoms with Crippen molar-refractivity contribution >= 4 is 17.0 Å². The van der Waals surface area contributed by atoms with Crippen molar-refractivity contribution in [2.75, 3.05) is 53.9 Å². The molecule has 1 aromatic heterocycles. The van der Waals surface area contributed by atoms with Crippen molar-refractivity contribution in [2.45, 2.75) is 101 Å². The van der Waals surface area contributed by atoms with Gasteiger partial charge in [-0.2, -0.15) is 0 Å². The number of phenols is 2. The molecule has 9 rings (SSSR count). The summed E-state index contributed by atoms with van der Waals surface area (Å²) < 4.78 is 27.3. The first-order valence-corrected chi connectivity index (χ1v) is 23.6. The number of hydrogen-bond donors (Lipinski definition) is 9. The number of aromatic nitrogens is 1. The molecular formula is C53H66N4O9. The largest absolute Gasteiger partial charge is 0.507 e. The van der Waals surface area contributed by atoms with E-state index in [1.807, 2.05) is 38.4 Å². The number of methoxy groups -OCH3 is 1. The molecule has 4 aliphatic rings. The molecule has 2 aliphatic carbocycles. The van der Waals surface area contributed by atoms with Gasteiger partial charge >= 0.3 is 0 Å². The Kier molecular flexibility index (Phi) is 13.2. The number of H-pyrrole nitrogens is 1. The van der Waals surface area contributed by atoms with Gasteiger partial charge in [-0.1, -0.05) is 38.1 Å². The number of phenolic OH excluding ortho intramolecular Hbond substituents is 2. The summed E-state index contributed by atoms with van der Waals surface area (Å²) in [7, 11) is 3.38. The molecule has 5 aromatic rings. The van der Waals surface area contributed by atoms with E-state index in [1.54, 1.807) is 6.07 Å². The van der Waals surface area contributed by atoms with E-state index in [4.69, 9.17) is 18.9 Å². The standard InChI is InChI=1S/C53H66N4O9/c1-30(2)23-52(3,62)26-55-28-56-27-53(64-29-54-4)24-42-41-22-40-36(31-8-14-43-32(19-31)16-17-57-43)11-12-37-44(60)15-13-38(46(37)40)47(41)50-39(10-9-35(25-59)65-50)49(42)66-51(53)34-20-33(7-6-18-58)48(61)45(21-34)63-5/h8,11-17,19-21,30,35-36,40,51,54-62H,6-7,9-10,18,22-29H2,1-5H3/t35-,36+,40-,51+,52-,53-/m0/s1. The quantitative estimate of drug-likeness (QED) is 0.0329. The fraction of sp³-hybridized carbons (Fsp3) is 0.472. The van der Waals surface area contributed by atoms with Crippen LogP contribution in [0.15, 0.2) is 60.8 Å². The number of allylic oxidation sites excluding steroid dienone is 1. The minimum atomic E-state index is -1.05. The molecule has 0 amide bonds. The molecule has 3 heterocycles. The van der Waals surface area contributed by atoms with Gasteiger partial charge in [-0.05, 0) is 139 Å². The van der Waals surface area contributed by atoms with Gasteiger partial charge in [0, 0.05) is 72.7 Å². The van der Waals surface area contributed by atoms with Crippen molar-refractivity contribution in [3.8, 4) is 39.9 Å². The van der Waals surface area contributed by atoms with Crippen LogP contribution in [0.5, 0.6) is 28.7 Å². The SMILES string of the molecule is CNCO[C@]1(CNCNC[C@@](C)(O)CC(C)C)Cc2c3c(c4c(c2O[C@@H]1c1cc(CCCO)c(O)c(OC)c1)CC[C@@H](CO)O4)-c1ccc(O)c2c1[C@@H](C3)[C@@H](c1ccc3[nH]ccc3c1)C=C2. The Morgan fingerprint density at radius 2 is 1.83 bits per heavy atom. The molecule has 4 aromatic carbocycles. The van der Waals surface area contributed by atoms with E-state index in [0.29, 0.717) is 87.7 Å². The molecule has 0 radical (unpaired) electrons. The topological polar surface area (TPSA) is 190 Å². The molecule has 9 N–H and O–H groups in total. The predicted octanol–water partition coefficient (Wildman–Crippen LogP) is 6.86. The predicted molar refractivity (Wildman–Crippen MR) is 256 cm³/mol. The first kappa shape index (κ1) is 46.0. The Labute approximate surface area is 387 Å². The summed E-state index contributed by atoms with van der Waals surface area (Å²) in [5.74, 6) is 2.27. The first-order chi connectivity index (χ1) is 31.9. The lowest BCUT2D eigenvalue weighted by molar-refractivity contribution is -0.129. The smallest absolute Gasteiger partial charge is 0.161 e. The number of aliphatic hydroxyl groups is 3. The highest BCUT2D eigenvalue weighted by atomic mass is 16.6. The number of aliphatic hydroxyl groups excluding tert-OH is 2. The Bertz CT molecular complexity index is 2600. The lowest BCUT2D eigenvalue weighted by atomic mass is 9.64. The van der Waals surface area contributed by atoms with Gasteiger partial charge in [0.05, 0.1) is 26.0 Å². The second-order valence-corrected chi connectivity index (χ2v) is 19.5. The van der Waals surface area contributed by atoms with Crippen molar-refractivity contribution in [3.63, 3.8) is 0 Å². The summed E-state index contributed by atoms with van der Waals surface area (Å²) in [4.78, 5) is 3.33. The number of aryl methyl sites for hydroxylation is 1. The van der Waals surface area contributed by atoms with E-state index >= 15 is 0 Å². The van der Waals surface area contributed by atoms with Gasteiger partial charge in [-0.25, -0.2) is 0 Å². The third-order valence-corrected chi connectivity index (χ3v) is 14.1. The molecule has 0 spiro atoms. The lowest BCUT2D eigenvalue weighted by Gasteiger charge is -2.48. The van der Waals surface area contributed by atoms with Crippen LogP contribution in [0.25, 0.3) is 28.1 Å². The van der Waals surface area contributed by atoms with E-state index in [9.17, 15) is 25.5 Å². The van der Waals surface area contributed by atoms with Gasteiger partial charge < -0.3 is 60.1 Å². The van der Waals surface area contributed by atoms with Crippen molar-refractivity contribution in [1.82, 2.24) is 20.9 Å². The van der Waals surface area contributed by atoms with Crippen LogP contribution in [-0.2, 0) is 30.4 Å². The normalized spacial score (nSPS) is 22.5. The molecule has 6 atom stereocenters. The number of aromatic amines is 1. The fourth-order valence-electron chi connectivity index (χ4n) is 11.4. The van der Waals surface area contributed by atoms with Crippen molar-refractivity contribution in [1.29, 1.82) is 0 Å². The van der Waals surface area contributed by atoms with Gasteiger partial charge in [-0.3, -0.25) is 5.32 Å². The zero-order chi connectivity index (χ0) is 46.3. The molecule has 13 nitrogen and oxygen atoms in total. The highest BCUT2D eigenvalue weighted by molar-refractivity contribution is 5.89. The molecule has 0 unspecified atom stereocenters. The van der Waals surface area contributed by atoms with Crippen LogP contribution in [0.2, 0.25) is 0 Å². The van der Waals surface area contributed by atoms with Gasteiger partial charge in [0.15, 0.2) is 17.6 Å². The number of ether oxygens (including phenoxy) is 4. The van der Waals surface area contributed by atoms with Crippen molar-refractivity contribution in [2.24, 2.45) is 5.92 Å². The number of fused-ring (bicyclic) bond motifs is 8. The van der Waals surface area contributed by atoms with Gasteiger partial charge in [0.2, 0.25) is 0 Å². The Hall–Kier alpha value is -5.12. The summed E-state index contributed by atoms with van der Waals surface area (Å²) >= 11 is 0. The highest BCUT2D eigenvalue weighted by Gasteiger charge is 2.51. The number of rotatable bonds is 18. The Morgan fingerprint density at radius 1 is 0.985 bits per heavy atom. The number of nitrogens with one attached hydrogen (secondary N) is 4. The van der Waals surface area contributed by atoms with Gasteiger partial charge in [0.25, 0.3) is 0 Å². The van der Waals surface area contributed by atoms with Crippen molar-refractivity contribution < 1.29 is 44.5 Å². The average Bonchev–Trinajstić information content (AvgIpc) is 3.79. The molecule has 2 aliphatic heterocycles. The Balaban J connectivity index is 1.22. The van der Waals surface area contributed by atoms with Crippen LogP contribution in [0.4, 0.5) is 0 Å². The molecule has 0 saturated heterocycles. The van der Waals surface area contributed by atoms with Crippen LogP contribution in [-0.4, -0.2) is 102 Å². The average molecular weight is 903 g/mol. The maximum atomic E-state index is 11.4. The highest BCUT2D eigenvalue weighted by Crippen LogP contribution is 2.60. The van der Waals surface area contributed by atoms with Crippen LogP contribution in [0.3, 0.4) is 0 Å². The molecule has 352 valence electrons. The molecule has 66 heavy (non-hydrogen) atoms. The number of benzene rings is 4. The number of hydrogen-bond acceptors (Lipinski definition) is 12. The van der Waals surface area contributed by atoms with Gasteiger partial charge in [0.1, 0.15) is 29.0 Å². The first-order valence-electron chi connectivity index (χ1n) is 23.6. The molecule has 0 bridgehead atoms. The summed E-state index contributed by atoms with van der Waals surface area (Å²) in [6, 6.07) is 16.3. The second-order valence-electron chi connectivity index (χ2n) is 19.5. The van der Waals surface area contributed by atoms with Crippen LogP contribution in [0.1, 0.15) is 102 Å². The summed E-state index contributed by atoms with van der Waals surface area (Å²) in [6.07, 6.45) is 8.91. The fourth-order valence-corrected chi connectivity index (χ4v) is 11.4. The minimum absolute atomic E-state index is 0.00621. The maximum absolute atomic E-state index is 11.4. The van der Waals surface area contributed by atoms with Crippen LogP contribution < -0.4 is 30.2 Å². The second kappa shape index (κ2) is 18.9. The van der Waals surface area contributed by atoms with E-state index in [0.717, 1.165) is 61.2 Å².